The number of hydrogen-bond donors (Lipinski definition) is 0. The second-order valence-electron chi connectivity index (χ2n) is 5.97. The minimum absolute atomic E-state index is 0.357. The van der Waals surface area contributed by atoms with E-state index in [-0.39, 0.29) is 0 Å². The van der Waals surface area contributed by atoms with Gasteiger partial charge in [0.25, 0.3) is 0 Å². The van der Waals surface area contributed by atoms with Crippen molar-refractivity contribution in [2.24, 2.45) is 0 Å². The van der Waals surface area contributed by atoms with Gasteiger partial charge in [-0.1, -0.05) is 41.7 Å². The minimum Gasteiger partial charge on any atom is -0.345 e. The van der Waals surface area contributed by atoms with Gasteiger partial charge in [0.15, 0.2) is 0 Å². The lowest BCUT2D eigenvalue weighted by molar-refractivity contribution is -0.138. The molecule has 0 amide bonds. The van der Waals surface area contributed by atoms with E-state index < -0.39 is 11.2 Å². The molecule has 0 spiro atoms. The highest BCUT2D eigenvalue weighted by Crippen LogP contribution is 2.34. The molecule has 1 saturated heterocycles. The van der Waals surface area contributed by atoms with E-state index in [1.165, 1.54) is 5.56 Å². The molecule has 0 N–H and O–H groups in total. The van der Waals surface area contributed by atoms with Crippen LogP contribution >= 0.6 is 11.3 Å². The first-order valence-corrected chi connectivity index (χ1v) is 8.69. The second kappa shape index (κ2) is 7.06. The number of anilines is 1. The van der Waals surface area contributed by atoms with Crippen LogP contribution in [-0.4, -0.2) is 40.8 Å². The third kappa shape index (κ3) is 4.05. The van der Waals surface area contributed by atoms with Gasteiger partial charge in [0, 0.05) is 32.2 Å². The molecule has 0 saturated carbocycles. The van der Waals surface area contributed by atoms with Gasteiger partial charge in [-0.05, 0) is 18.9 Å². The Morgan fingerprint density at radius 1 is 1.12 bits per heavy atom. The van der Waals surface area contributed by atoms with Crippen molar-refractivity contribution in [3.8, 4) is 0 Å². The molecule has 3 rings (SSSR count). The fraction of sp³-hybridized carbons (Fsp3) is 0.500. The number of alkyl halides is 3. The van der Waals surface area contributed by atoms with E-state index in [2.05, 4.69) is 34.2 Å². The molecule has 0 radical (unpaired) electrons. The molecule has 1 aliphatic rings. The summed E-state index contributed by atoms with van der Waals surface area (Å²) in [6, 6.07) is 10.6. The summed E-state index contributed by atoms with van der Waals surface area (Å²) >= 11 is 0.622. The second-order valence-corrected chi connectivity index (χ2v) is 6.92. The standard InChI is InChI=1S/C16H19F3N4S/c1-12-7-8-22(15-21-20-14(24-15)16(17,18)19)9-10-23(12)11-13-5-3-2-4-6-13/h2-6,12H,7-11H2,1H3. The monoisotopic (exact) mass is 356 g/mol. The lowest BCUT2D eigenvalue weighted by atomic mass is 10.1. The van der Waals surface area contributed by atoms with Crippen molar-refractivity contribution >= 4 is 16.5 Å². The maximum Gasteiger partial charge on any atom is 0.445 e. The average Bonchev–Trinajstić information content (AvgIpc) is 2.98. The summed E-state index contributed by atoms with van der Waals surface area (Å²) in [7, 11) is 0. The quantitative estimate of drug-likeness (QED) is 0.840. The maximum absolute atomic E-state index is 12.7. The molecular weight excluding hydrogens is 337 g/mol. The van der Waals surface area contributed by atoms with Crippen LogP contribution in [0.2, 0.25) is 0 Å². The molecule has 1 fully saturated rings. The summed E-state index contributed by atoms with van der Waals surface area (Å²) < 4.78 is 38.1. The van der Waals surface area contributed by atoms with Crippen molar-refractivity contribution in [2.75, 3.05) is 24.5 Å². The van der Waals surface area contributed by atoms with Gasteiger partial charge < -0.3 is 4.90 Å². The zero-order valence-electron chi connectivity index (χ0n) is 13.3. The summed E-state index contributed by atoms with van der Waals surface area (Å²) in [6.07, 6.45) is -3.54. The van der Waals surface area contributed by atoms with Crippen LogP contribution < -0.4 is 4.90 Å². The normalized spacial score (nSPS) is 20.2. The molecule has 8 heteroatoms. The van der Waals surface area contributed by atoms with Crippen molar-refractivity contribution in [1.82, 2.24) is 15.1 Å². The Hall–Kier alpha value is -1.67. The molecule has 2 heterocycles. The largest absolute Gasteiger partial charge is 0.445 e. The van der Waals surface area contributed by atoms with Gasteiger partial charge in [0.05, 0.1) is 0 Å². The molecule has 1 aliphatic heterocycles. The van der Waals surface area contributed by atoms with Crippen molar-refractivity contribution < 1.29 is 13.2 Å². The molecule has 0 bridgehead atoms. The van der Waals surface area contributed by atoms with Crippen LogP contribution in [0.25, 0.3) is 0 Å². The van der Waals surface area contributed by atoms with Crippen LogP contribution in [0, 0.1) is 0 Å². The lowest BCUT2D eigenvalue weighted by Gasteiger charge is -2.26. The van der Waals surface area contributed by atoms with E-state index in [9.17, 15) is 13.2 Å². The number of aromatic nitrogens is 2. The van der Waals surface area contributed by atoms with Gasteiger partial charge in [-0.25, -0.2) is 0 Å². The first kappa shape index (κ1) is 17.2. The van der Waals surface area contributed by atoms with Crippen LogP contribution in [0.5, 0.6) is 0 Å². The molecule has 1 aromatic carbocycles. The fourth-order valence-corrected chi connectivity index (χ4v) is 3.57. The highest BCUT2D eigenvalue weighted by molar-refractivity contribution is 7.15. The van der Waals surface area contributed by atoms with Gasteiger partial charge in [0.2, 0.25) is 10.1 Å². The van der Waals surface area contributed by atoms with Crippen LogP contribution in [0.1, 0.15) is 23.9 Å². The van der Waals surface area contributed by atoms with Crippen LogP contribution in [-0.2, 0) is 12.7 Å². The Morgan fingerprint density at radius 2 is 1.88 bits per heavy atom. The van der Waals surface area contributed by atoms with Gasteiger partial charge in [-0.2, -0.15) is 13.2 Å². The van der Waals surface area contributed by atoms with E-state index in [1.54, 1.807) is 0 Å². The van der Waals surface area contributed by atoms with E-state index in [0.29, 0.717) is 35.6 Å². The summed E-state index contributed by atoms with van der Waals surface area (Å²) in [5.74, 6) is 0. The minimum atomic E-state index is -4.42. The number of halogens is 3. The predicted octanol–water partition coefficient (Wildman–Crippen LogP) is 3.66. The Bertz CT molecular complexity index is 659. The van der Waals surface area contributed by atoms with Gasteiger partial charge in [-0.15, -0.1) is 10.2 Å². The van der Waals surface area contributed by atoms with Gasteiger partial charge in [0.1, 0.15) is 0 Å². The van der Waals surface area contributed by atoms with Crippen molar-refractivity contribution in [3.63, 3.8) is 0 Å². The third-order valence-electron chi connectivity index (χ3n) is 4.25. The third-order valence-corrected chi connectivity index (χ3v) is 5.28. The number of hydrogen-bond acceptors (Lipinski definition) is 5. The van der Waals surface area contributed by atoms with E-state index in [1.807, 2.05) is 23.1 Å². The molecule has 1 aromatic heterocycles. The molecule has 130 valence electrons. The summed E-state index contributed by atoms with van der Waals surface area (Å²) in [5.41, 5.74) is 1.24. The Labute approximate surface area is 142 Å². The molecule has 1 atom stereocenters. The first-order valence-electron chi connectivity index (χ1n) is 7.87. The van der Waals surface area contributed by atoms with Crippen LogP contribution in [0.3, 0.4) is 0 Å². The Balaban J connectivity index is 1.66. The summed E-state index contributed by atoms with van der Waals surface area (Å²) in [4.78, 5) is 4.27. The zero-order valence-corrected chi connectivity index (χ0v) is 14.1. The van der Waals surface area contributed by atoms with Crippen molar-refractivity contribution in [1.29, 1.82) is 0 Å². The maximum atomic E-state index is 12.7. The SMILES string of the molecule is CC1CCN(c2nnc(C(F)(F)F)s2)CCN1Cc1ccccc1. The van der Waals surface area contributed by atoms with Gasteiger partial charge >= 0.3 is 6.18 Å². The number of rotatable bonds is 3. The topological polar surface area (TPSA) is 32.3 Å². The lowest BCUT2D eigenvalue weighted by Crippen LogP contribution is -2.34. The number of nitrogens with zero attached hydrogens (tertiary/aromatic N) is 4. The summed E-state index contributed by atoms with van der Waals surface area (Å²) in [6.45, 7) is 5.15. The van der Waals surface area contributed by atoms with Crippen molar-refractivity contribution in [3.05, 3.63) is 40.9 Å². The highest BCUT2D eigenvalue weighted by atomic mass is 32.1. The highest BCUT2D eigenvalue weighted by Gasteiger charge is 2.36. The van der Waals surface area contributed by atoms with Crippen LogP contribution in [0.15, 0.2) is 30.3 Å². The van der Waals surface area contributed by atoms with Crippen molar-refractivity contribution in [2.45, 2.75) is 32.1 Å². The Morgan fingerprint density at radius 3 is 2.54 bits per heavy atom. The fourth-order valence-electron chi connectivity index (χ4n) is 2.81. The molecule has 2 aromatic rings. The zero-order chi connectivity index (χ0) is 17.2. The van der Waals surface area contributed by atoms with E-state index in [0.717, 1.165) is 19.5 Å². The van der Waals surface area contributed by atoms with Gasteiger partial charge in [-0.3, -0.25) is 4.90 Å². The predicted molar refractivity (Wildman–Crippen MR) is 88.1 cm³/mol. The van der Waals surface area contributed by atoms with Crippen LogP contribution in [0.4, 0.5) is 18.3 Å². The first-order chi connectivity index (χ1) is 11.4. The molecule has 4 nitrogen and oxygen atoms in total. The molecule has 24 heavy (non-hydrogen) atoms. The molecule has 1 unspecified atom stereocenters. The molecular formula is C16H19F3N4S. The smallest absolute Gasteiger partial charge is 0.345 e. The Kier molecular flexibility index (Phi) is 5.05. The van der Waals surface area contributed by atoms with E-state index >= 15 is 0 Å². The number of benzene rings is 1. The summed E-state index contributed by atoms with van der Waals surface area (Å²) in [5, 5.41) is 6.50. The average molecular weight is 356 g/mol. The van der Waals surface area contributed by atoms with E-state index in [4.69, 9.17) is 0 Å². The molecule has 0 aliphatic carbocycles.